The van der Waals surface area contributed by atoms with Gasteiger partial charge in [0.25, 0.3) is 5.91 Å². The van der Waals surface area contributed by atoms with E-state index in [9.17, 15) is 9.59 Å². The van der Waals surface area contributed by atoms with E-state index in [2.05, 4.69) is 10.6 Å². The second-order valence-corrected chi connectivity index (χ2v) is 6.42. The molecule has 1 fully saturated rings. The molecule has 6 heteroatoms. The molecule has 0 bridgehead atoms. The summed E-state index contributed by atoms with van der Waals surface area (Å²) in [5.74, 6) is -0.0390. The number of benzene rings is 2. The Balaban J connectivity index is 1.40. The van der Waals surface area contributed by atoms with Gasteiger partial charge >= 0.3 is 0 Å². The van der Waals surface area contributed by atoms with Gasteiger partial charge in [-0.1, -0.05) is 30.3 Å². The van der Waals surface area contributed by atoms with Crippen molar-refractivity contribution in [1.29, 1.82) is 0 Å². The third-order valence-corrected chi connectivity index (χ3v) is 4.46. The number of rotatable bonds is 7. The van der Waals surface area contributed by atoms with Crippen LogP contribution in [0, 0.1) is 0 Å². The molecule has 6 nitrogen and oxygen atoms in total. The van der Waals surface area contributed by atoms with E-state index in [-0.39, 0.29) is 18.4 Å². The van der Waals surface area contributed by atoms with E-state index >= 15 is 0 Å². The fraction of sp³-hybridized carbons (Fsp3) is 0.333. The Morgan fingerprint density at radius 2 is 1.67 bits per heavy atom. The van der Waals surface area contributed by atoms with Gasteiger partial charge < -0.3 is 20.3 Å². The van der Waals surface area contributed by atoms with Gasteiger partial charge in [0.15, 0.2) is 0 Å². The minimum atomic E-state index is -0.0561. The van der Waals surface area contributed by atoms with Crippen molar-refractivity contribution in [2.45, 2.75) is 6.42 Å². The highest BCUT2D eigenvalue weighted by atomic mass is 16.5. The second-order valence-electron chi connectivity index (χ2n) is 6.42. The summed E-state index contributed by atoms with van der Waals surface area (Å²) in [6.45, 7) is 3.24. The third-order valence-electron chi connectivity index (χ3n) is 4.46. The number of hydrogen-bond acceptors (Lipinski definition) is 4. The molecule has 2 aromatic carbocycles. The van der Waals surface area contributed by atoms with E-state index < -0.39 is 0 Å². The minimum absolute atomic E-state index is 0.0171. The van der Waals surface area contributed by atoms with Gasteiger partial charge in [0.2, 0.25) is 5.91 Å². The zero-order chi connectivity index (χ0) is 18.9. The van der Waals surface area contributed by atoms with Crippen molar-refractivity contribution in [3.05, 3.63) is 65.7 Å². The van der Waals surface area contributed by atoms with Gasteiger partial charge in [-0.2, -0.15) is 0 Å². The number of amides is 2. The van der Waals surface area contributed by atoms with E-state index in [4.69, 9.17) is 4.74 Å². The lowest BCUT2D eigenvalue weighted by Gasteiger charge is -2.26. The van der Waals surface area contributed by atoms with Crippen LogP contribution in [0.5, 0.6) is 0 Å². The highest BCUT2D eigenvalue weighted by Gasteiger charge is 2.18. The number of nitrogens with zero attached hydrogens (tertiary/aromatic N) is 1. The Labute approximate surface area is 159 Å². The van der Waals surface area contributed by atoms with Crippen molar-refractivity contribution in [1.82, 2.24) is 10.2 Å². The fourth-order valence-corrected chi connectivity index (χ4v) is 2.92. The second kappa shape index (κ2) is 9.73. The zero-order valence-electron chi connectivity index (χ0n) is 15.3. The van der Waals surface area contributed by atoms with Crippen LogP contribution in [0.4, 0.5) is 5.69 Å². The molecule has 0 radical (unpaired) electrons. The summed E-state index contributed by atoms with van der Waals surface area (Å²) < 4.78 is 5.27. The molecule has 0 spiro atoms. The van der Waals surface area contributed by atoms with Crippen molar-refractivity contribution in [2.75, 3.05) is 44.7 Å². The molecule has 27 heavy (non-hydrogen) atoms. The van der Waals surface area contributed by atoms with Gasteiger partial charge in [-0.15, -0.1) is 0 Å². The normalized spacial score (nSPS) is 13.9. The molecular weight excluding hydrogens is 342 g/mol. The molecule has 0 unspecified atom stereocenters. The molecule has 3 rings (SSSR count). The molecule has 1 aliphatic heterocycles. The summed E-state index contributed by atoms with van der Waals surface area (Å²) >= 11 is 0. The SMILES string of the molecule is O=C(CNc1ccc(C(=O)N2CCOCC2)cc1)NCCc1ccccc1. The van der Waals surface area contributed by atoms with Gasteiger partial charge in [0, 0.05) is 30.9 Å². The highest BCUT2D eigenvalue weighted by molar-refractivity contribution is 5.94. The van der Waals surface area contributed by atoms with E-state index in [1.807, 2.05) is 42.5 Å². The molecule has 2 N–H and O–H groups in total. The number of nitrogens with one attached hydrogen (secondary N) is 2. The molecule has 1 saturated heterocycles. The Bertz CT molecular complexity index is 741. The number of morpholine rings is 1. The number of anilines is 1. The average Bonchev–Trinajstić information content (AvgIpc) is 2.73. The Morgan fingerprint density at radius 3 is 2.37 bits per heavy atom. The maximum atomic E-state index is 12.4. The Kier molecular flexibility index (Phi) is 6.82. The molecule has 1 aliphatic rings. The third kappa shape index (κ3) is 5.82. The summed E-state index contributed by atoms with van der Waals surface area (Å²) in [5, 5.41) is 5.98. The lowest BCUT2D eigenvalue weighted by molar-refractivity contribution is -0.119. The van der Waals surface area contributed by atoms with E-state index in [0.29, 0.717) is 38.4 Å². The molecule has 0 aromatic heterocycles. The van der Waals surface area contributed by atoms with Crippen LogP contribution >= 0.6 is 0 Å². The summed E-state index contributed by atoms with van der Waals surface area (Å²) in [5.41, 5.74) is 2.66. The first-order valence-electron chi connectivity index (χ1n) is 9.24. The number of ether oxygens (including phenoxy) is 1. The molecule has 2 amide bonds. The monoisotopic (exact) mass is 367 g/mol. The lowest BCUT2D eigenvalue weighted by atomic mass is 10.1. The van der Waals surface area contributed by atoms with Gasteiger partial charge in [0.05, 0.1) is 19.8 Å². The van der Waals surface area contributed by atoms with Gasteiger partial charge in [-0.05, 0) is 36.2 Å². The Morgan fingerprint density at radius 1 is 0.963 bits per heavy atom. The molecule has 0 atom stereocenters. The summed E-state index contributed by atoms with van der Waals surface area (Å²) in [4.78, 5) is 26.1. The predicted molar refractivity (Wildman–Crippen MR) is 105 cm³/mol. The zero-order valence-corrected chi connectivity index (χ0v) is 15.3. The minimum Gasteiger partial charge on any atom is -0.378 e. The largest absolute Gasteiger partial charge is 0.378 e. The Hall–Kier alpha value is -2.86. The molecule has 0 saturated carbocycles. The maximum absolute atomic E-state index is 12.4. The van der Waals surface area contributed by atoms with Crippen LogP contribution in [0.2, 0.25) is 0 Å². The van der Waals surface area contributed by atoms with Crippen molar-refractivity contribution >= 4 is 17.5 Å². The summed E-state index contributed by atoms with van der Waals surface area (Å²) in [6.07, 6.45) is 0.810. The van der Waals surface area contributed by atoms with Crippen molar-refractivity contribution in [2.24, 2.45) is 0 Å². The van der Waals surface area contributed by atoms with E-state index in [0.717, 1.165) is 12.1 Å². The van der Waals surface area contributed by atoms with Crippen LogP contribution in [0.25, 0.3) is 0 Å². The fourth-order valence-electron chi connectivity index (χ4n) is 2.92. The summed E-state index contributed by atoms with van der Waals surface area (Å²) in [6, 6.07) is 17.3. The summed E-state index contributed by atoms with van der Waals surface area (Å²) in [7, 11) is 0. The standard InChI is InChI=1S/C21H25N3O3/c25-20(22-11-10-17-4-2-1-3-5-17)16-23-19-8-6-18(7-9-19)21(26)24-12-14-27-15-13-24/h1-9,23H,10-16H2,(H,22,25). The predicted octanol–water partition coefficient (Wildman–Crippen LogP) is 1.93. The van der Waals surface area contributed by atoms with Crippen LogP contribution in [-0.4, -0.2) is 56.1 Å². The maximum Gasteiger partial charge on any atom is 0.254 e. The van der Waals surface area contributed by atoms with Crippen LogP contribution < -0.4 is 10.6 Å². The van der Waals surface area contributed by atoms with E-state index in [1.165, 1.54) is 5.56 Å². The van der Waals surface area contributed by atoms with Crippen molar-refractivity contribution in [3.8, 4) is 0 Å². The highest BCUT2D eigenvalue weighted by Crippen LogP contribution is 2.12. The molecule has 0 aliphatic carbocycles. The smallest absolute Gasteiger partial charge is 0.254 e. The molecule has 142 valence electrons. The lowest BCUT2D eigenvalue weighted by Crippen LogP contribution is -2.40. The molecule has 1 heterocycles. The van der Waals surface area contributed by atoms with Crippen LogP contribution in [-0.2, 0) is 16.0 Å². The van der Waals surface area contributed by atoms with Crippen LogP contribution in [0.15, 0.2) is 54.6 Å². The number of hydrogen-bond donors (Lipinski definition) is 2. The van der Waals surface area contributed by atoms with Crippen LogP contribution in [0.1, 0.15) is 15.9 Å². The van der Waals surface area contributed by atoms with Crippen molar-refractivity contribution in [3.63, 3.8) is 0 Å². The molecule has 2 aromatic rings. The first-order chi connectivity index (χ1) is 13.2. The van der Waals surface area contributed by atoms with Gasteiger partial charge in [-0.3, -0.25) is 9.59 Å². The van der Waals surface area contributed by atoms with Gasteiger partial charge in [0.1, 0.15) is 0 Å². The quantitative estimate of drug-likeness (QED) is 0.785. The topological polar surface area (TPSA) is 70.7 Å². The van der Waals surface area contributed by atoms with Crippen LogP contribution in [0.3, 0.4) is 0 Å². The van der Waals surface area contributed by atoms with Crippen molar-refractivity contribution < 1.29 is 14.3 Å². The first-order valence-corrected chi connectivity index (χ1v) is 9.24. The number of carbonyl (C=O) groups is 2. The average molecular weight is 367 g/mol. The van der Waals surface area contributed by atoms with Gasteiger partial charge in [-0.25, -0.2) is 0 Å². The molecular formula is C21H25N3O3. The first kappa shape index (κ1) is 18.9. The van der Waals surface area contributed by atoms with E-state index in [1.54, 1.807) is 17.0 Å². The number of carbonyl (C=O) groups excluding carboxylic acids is 2.